The first-order valence-corrected chi connectivity index (χ1v) is 6.86. The minimum Gasteiger partial charge on any atom is -0.356 e. The third kappa shape index (κ3) is 4.49. The molecule has 0 aliphatic carbocycles. The van der Waals surface area contributed by atoms with E-state index in [9.17, 15) is 4.79 Å². The van der Waals surface area contributed by atoms with E-state index >= 15 is 0 Å². The zero-order valence-electron chi connectivity index (χ0n) is 10.8. The number of benzene rings is 1. The summed E-state index contributed by atoms with van der Waals surface area (Å²) in [4.78, 5) is 11.7. The molecule has 0 radical (unpaired) electrons. The molecule has 3 nitrogen and oxygen atoms in total. The normalized spacial score (nSPS) is 18.8. The van der Waals surface area contributed by atoms with Crippen molar-refractivity contribution in [3.63, 3.8) is 0 Å². The predicted octanol–water partition coefficient (Wildman–Crippen LogP) is 1.73. The molecule has 1 aliphatic rings. The van der Waals surface area contributed by atoms with Crippen molar-refractivity contribution >= 4 is 5.91 Å². The van der Waals surface area contributed by atoms with Gasteiger partial charge in [-0.25, -0.2) is 0 Å². The predicted molar refractivity (Wildman–Crippen MR) is 73.4 cm³/mol. The van der Waals surface area contributed by atoms with Gasteiger partial charge in [-0.3, -0.25) is 4.79 Å². The van der Waals surface area contributed by atoms with Crippen molar-refractivity contribution in [1.29, 1.82) is 0 Å². The maximum absolute atomic E-state index is 11.7. The van der Waals surface area contributed by atoms with E-state index in [1.807, 2.05) is 18.2 Å². The Kier molecular flexibility index (Phi) is 5.21. The first-order valence-electron chi connectivity index (χ1n) is 6.86. The maximum atomic E-state index is 11.7. The molecule has 0 aromatic heterocycles. The van der Waals surface area contributed by atoms with Crippen LogP contribution in [0.4, 0.5) is 0 Å². The molecule has 1 aliphatic heterocycles. The lowest BCUT2D eigenvalue weighted by Crippen LogP contribution is -2.26. The van der Waals surface area contributed by atoms with Crippen molar-refractivity contribution in [2.24, 2.45) is 5.92 Å². The molecule has 1 amide bonds. The lowest BCUT2D eigenvalue weighted by Gasteiger charge is -2.08. The van der Waals surface area contributed by atoms with Gasteiger partial charge in [0.05, 0.1) is 0 Å². The van der Waals surface area contributed by atoms with Gasteiger partial charge in [-0.2, -0.15) is 0 Å². The summed E-state index contributed by atoms with van der Waals surface area (Å²) >= 11 is 0. The standard InChI is InChI=1S/C15H22N2O/c18-15(7-6-14-8-10-16-12-14)17-11-9-13-4-2-1-3-5-13/h1-5,14,16H,6-12H2,(H,17,18). The van der Waals surface area contributed by atoms with Crippen LogP contribution >= 0.6 is 0 Å². The molecule has 0 bridgehead atoms. The molecule has 0 spiro atoms. The lowest BCUT2D eigenvalue weighted by atomic mass is 10.0. The van der Waals surface area contributed by atoms with Crippen LogP contribution in [-0.2, 0) is 11.2 Å². The van der Waals surface area contributed by atoms with Gasteiger partial charge in [-0.1, -0.05) is 30.3 Å². The second-order valence-electron chi connectivity index (χ2n) is 4.98. The SMILES string of the molecule is O=C(CCC1CCNC1)NCCc1ccccc1. The van der Waals surface area contributed by atoms with E-state index in [2.05, 4.69) is 22.8 Å². The highest BCUT2D eigenvalue weighted by molar-refractivity contribution is 5.75. The Morgan fingerprint density at radius 1 is 1.33 bits per heavy atom. The highest BCUT2D eigenvalue weighted by atomic mass is 16.1. The van der Waals surface area contributed by atoms with Crippen LogP contribution in [0.1, 0.15) is 24.8 Å². The van der Waals surface area contributed by atoms with Crippen molar-refractivity contribution in [1.82, 2.24) is 10.6 Å². The van der Waals surface area contributed by atoms with Gasteiger partial charge >= 0.3 is 0 Å². The Morgan fingerprint density at radius 2 is 2.17 bits per heavy atom. The molecule has 1 heterocycles. The van der Waals surface area contributed by atoms with Crippen LogP contribution in [0.2, 0.25) is 0 Å². The molecule has 1 unspecified atom stereocenters. The van der Waals surface area contributed by atoms with E-state index in [1.54, 1.807) is 0 Å². The topological polar surface area (TPSA) is 41.1 Å². The third-order valence-corrected chi connectivity index (χ3v) is 3.52. The molecule has 18 heavy (non-hydrogen) atoms. The molecule has 0 saturated carbocycles. The number of hydrogen-bond acceptors (Lipinski definition) is 2. The number of hydrogen-bond donors (Lipinski definition) is 2. The van der Waals surface area contributed by atoms with Gasteiger partial charge < -0.3 is 10.6 Å². The van der Waals surface area contributed by atoms with Crippen LogP contribution in [-0.4, -0.2) is 25.5 Å². The van der Waals surface area contributed by atoms with Crippen LogP contribution in [0.15, 0.2) is 30.3 Å². The minimum atomic E-state index is 0.192. The van der Waals surface area contributed by atoms with Crippen molar-refractivity contribution in [2.45, 2.75) is 25.7 Å². The van der Waals surface area contributed by atoms with Gasteiger partial charge in [-0.15, -0.1) is 0 Å². The first-order chi connectivity index (χ1) is 8.84. The van der Waals surface area contributed by atoms with Crippen LogP contribution in [0.25, 0.3) is 0 Å². The number of nitrogens with one attached hydrogen (secondary N) is 2. The number of rotatable bonds is 6. The zero-order chi connectivity index (χ0) is 12.6. The molecule has 1 fully saturated rings. The summed E-state index contributed by atoms with van der Waals surface area (Å²) in [5.41, 5.74) is 1.28. The largest absolute Gasteiger partial charge is 0.356 e. The van der Waals surface area contributed by atoms with Gasteiger partial charge in [0.2, 0.25) is 5.91 Å². The summed E-state index contributed by atoms with van der Waals surface area (Å²) in [6.07, 6.45) is 3.82. The summed E-state index contributed by atoms with van der Waals surface area (Å²) in [6.45, 7) is 2.93. The van der Waals surface area contributed by atoms with E-state index in [1.165, 1.54) is 12.0 Å². The number of amides is 1. The molecule has 1 saturated heterocycles. The van der Waals surface area contributed by atoms with E-state index in [0.717, 1.165) is 32.5 Å². The average molecular weight is 246 g/mol. The first kappa shape index (κ1) is 13.1. The quantitative estimate of drug-likeness (QED) is 0.802. The Morgan fingerprint density at radius 3 is 2.89 bits per heavy atom. The molecule has 1 aromatic rings. The molecule has 3 heteroatoms. The van der Waals surface area contributed by atoms with Gasteiger partial charge in [-0.05, 0) is 43.8 Å². The zero-order valence-corrected chi connectivity index (χ0v) is 10.8. The molecule has 1 aromatic carbocycles. The second-order valence-corrected chi connectivity index (χ2v) is 4.98. The Bertz CT molecular complexity index is 358. The van der Waals surface area contributed by atoms with Gasteiger partial charge in [0.1, 0.15) is 0 Å². The number of carbonyl (C=O) groups excluding carboxylic acids is 1. The maximum Gasteiger partial charge on any atom is 0.220 e. The Labute approximate surface area is 109 Å². The van der Waals surface area contributed by atoms with Crippen molar-refractivity contribution < 1.29 is 4.79 Å². The third-order valence-electron chi connectivity index (χ3n) is 3.52. The van der Waals surface area contributed by atoms with E-state index in [0.29, 0.717) is 12.3 Å². The van der Waals surface area contributed by atoms with Crippen LogP contribution in [0.5, 0.6) is 0 Å². The van der Waals surface area contributed by atoms with Gasteiger partial charge in [0.25, 0.3) is 0 Å². The fourth-order valence-corrected chi connectivity index (χ4v) is 2.38. The Balaban J connectivity index is 1.57. The van der Waals surface area contributed by atoms with Crippen LogP contribution in [0.3, 0.4) is 0 Å². The summed E-state index contributed by atoms with van der Waals surface area (Å²) in [5.74, 6) is 0.891. The van der Waals surface area contributed by atoms with E-state index < -0.39 is 0 Å². The highest BCUT2D eigenvalue weighted by Gasteiger charge is 2.15. The smallest absolute Gasteiger partial charge is 0.220 e. The number of carbonyl (C=O) groups is 1. The molecular weight excluding hydrogens is 224 g/mol. The van der Waals surface area contributed by atoms with Crippen LogP contribution < -0.4 is 10.6 Å². The van der Waals surface area contributed by atoms with Gasteiger partial charge in [0.15, 0.2) is 0 Å². The average Bonchev–Trinajstić information content (AvgIpc) is 2.91. The van der Waals surface area contributed by atoms with Crippen molar-refractivity contribution in [2.75, 3.05) is 19.6 Å². The minimum absolute atomic E-state index is 0.192. The molecule has 98 valence electrons. The summed E-state index contributed by atoms with van der Waals surface area (Å²) in [7, 11) is 0. The summed E-state index contributed by atoms with van der Waals surface area (Å²) < 4.78 is 0. The molecule has 2 N–H and O–H groups in total. The van der Waals surface area contributed by atoms with E-state index in [-0.39, 0.29) is 5.91 Å². The molecule has 2 rings (SSSR count). The Hall–Kier alpha value is -1.35. The molecule has 1 atom stereocenters. The van der Waals surface area contributed by atoms with E-state index in [4.69, 9.17) is 0 Å². The molecular formula is C15H22N2O. The lowest BCUT2D eigenvalue weighted by molar-refractivity contribution is -0.121. The monoisotopic (exact) mass is 246 g/mol. The fraction of sp³-hybridized carbons (Fsp3) is 0.533. The summed E-state index contributed by atoms with van der Waals surface area (Å²) in [5, 5.41) is 6.32. The van der Waals surface area contributed by atoms with Crippen LogP contribution in [0, 0.1) is 5.92 Å². The van der Waals surface area contributed by atoms with Crippen molar-refractivity contribution in [3.8, 4) is 0 Å². The van der Waals surface area contributed by atoms with Gasteiger partial charge in [0, 0.05) is 13.0 Å². The van der Waals surface area contributed by atoms with Crippen molar-refractivity contribution in [3.05, 3.63) is 35.9 Å². The fourth-order valence-electron chi connectivity index (χ4n) is 2.38. The second kappa shape index (κ2) is 7.17. The summed E-state index contributed by atoms with van der Waals surface area (Å²) in [6, 6.07) is 10.3. The highest BCUT2D eigenvalue weighted by Crippen LogP contribution is 2.13.